The molecule has 1 fully saturated rings. The standard InChI is InChI=1S/C40H34O10/c41-33-34(45-25-27-13-5-1-6-14-27)36(49-38(43)30-19-11-4-12-20-30)40(50-35(33)39(44)46-26-28-15-7-2-8-16-28)48-32-23-21-31(22-24-32)47-37(42)29-17-9-3-10-18-29/h1-24,33-36,40-41H,25-26H2/t33-,34-,35-,36+,40?/m0/s1. The van der Waals surface area contributed by atoms with Gasteiger partial charge in [0, 0.05) is 0 Å². The van der Waals surface area contributed by atoms with E-state index >= 15 is 0 Å². The molecule has 1 aliphatic heterocycles. The highest BCUT2D eigenvalue weighted by Gasteiger charge is 2.52. The fraction of sp³-hybridized carbons (Fsp3) is 0.175. The van der Waals surface area contributed by atoms with E-state index in [0.29, 0.717) is 5.56 Å². The maximum atomic E-state index is 13.4. The Morgan fingerprint density at radius 2 is 1.08 bits per heavy atom. The van der Waals surface area contributed by atoms with Gasteiger partial charge in [-0.2, -0.15) is 0 Å². The van der Waals surface area contributed by atoms with Crippen molar-refractivity contribution in [3.63, 3.8) is 0 Å². The van der Waals surface area contributed by atoms with Crippen LogP contribution in [0.3, 0.4) is 0 Å². The summed E-state index contributed by atoms with van der Waals surface area (Å²) in [6.07, 6.45) is -7.27. The number of esters is 3. The summed E-state index contributed by atoms with van der Waals surface area (Å²) in [5.41, 5.74) is 2.15. The number of rotatable bonds is 12. The molecule has 0 amide bonds. The summed E-state index contributed by atoms with van der Waals surface area (Å²) in [4.78, 5) is 39.4. The Morgan fingerprint density at radius 3 is 1.66 bits per heavy atom. The average Bonchev–Trinajstić information content (AvgIpc) is 3.17. The Bertz CT molecular complexity index is 1830. The Labute approximate surface area is 288 Å². The van der Waals surface area contributed by atoms with E-state index in [9.17, 15) is 19.5 Å². The van der Waals surface area contributed by atoms with Gasteiger partial charge in [-0.25, -0.2) is 14.4 Å². The summed E-state index contributed by atoms with van der Waals surface area (Å²) in [5.74, 6) is -1.64. The molecule has 254 valence electrons. The quantitative estimate of drug-likeness (QED) is 0.126. The lowest BCUT2D eigenvalue weighted by Gasteiger charge is -2.42. The molecule has 1 heterocycles. The van der Waals surface area contributed by atoms with E-state index in [0.717, 1.165) is 11.1 Å². The SMILES string of the molecule is O=C(Oc1ccc(OC2O[C@H](C(=O)OCc3ccccc3)[C@@H](O)[C@H](OCc3ccccc3)[C@H]2OC(=O)c2ccccc2)cc1)c1ccccc1. The summed E-state index contributed by atoms with van der Waals surface area (Å²) in [6, 6.07) is 41.2. The fourth-order valence-electron chi connectivity index (χ4n) is 5.23. The molecule has 0 bridgehead atoms. The van der Waals surface area contributed by atoms with Crippen molar-refractivity contribution >= 4 is 17.9 Å². The van der Waals surface area contributed by atoms with E-state index in [1.54, 1.807) is 72.8 Å². The van der Waals surface area contributed by atoms with Crippen LogP contribution >= 0.6 is 0 Å². The molecule has 0 spiro atoms. The van der Waals surface area contributed by atoms with Gasteiger partial charge in [0.25, 0.3) is 0 Å². The first-order valence-electron chi connectivity index (χ1n) is 15.9. The number of carbonyl (C=O) groups is 3. The second kappa shape index (κ2) is 16.5. The number of carbonyl (C=O) groups excluding carboxylic acids is 3. The van der Waals surface area contributed by atoms with E-state index in [2.05, 4.69) is 0 Å². The van der Waals surface area contributed by atoms with Gasteiger partial charge in [0.05, 0.1) is 17.7 Å². The summed E-state index contributed by atoms with van der Waals surface area (Å²) in [6.45, 7) is -0.0508. The van der Waals surface area contributed by atoms with Crippen molar-refractivity contribution < 1.29 is 47.9 Å². The van der Waals surface area contributed by atoms with Crippen LogP contribution in [0, 0.1) is 0 Å². The third-order valence-electron chi connectivity index (χ3n) is 7.81. The van der Waals surface area contributed by atoms with Crippen molar-refractivity contribution in [2.24, 2.45) is 0 Å². The molecule has 1 unspecified atom stereocenters. The molecule has 5 aromatic carbocycles. The zero-order valence-electron chi connectivity index (χ0n) is 26.8. The molecule has 10 nitrogen and oxygen atoms in total. The normalized spacial score (nSPS) is 19.9. The molecule has 0 aliphatic carbocycles. The maximum absolute atomic E-state index is 13.4. The second-order valence-electron chi connectivity index (χ2n) is 11.4. The molecule has 5 aromatic rings. The Hall–Kier alpha value is -5.81. The summed E-state index contributed by atoms with van der Waals surface area (Å²) >= 11 is 0. The van der Waals surface area contributed by atoms with E-state index in [-0.39, 0.29) is 30.3 Å². The largest absolute Gasteiger partial charge is 0.461 e. The zero-order chi connectivity index (χ0) is 34.7. The van der Waals surface area contributed by atoms with Gasteiger partial charge in [-0.05, 0) is 59.7 Å². The lowest BCUT2D eigenvalue weighted by Crippen LogP contribution is -2.63. The second-order valence-corrected chi connectivity index (χ2v) is 11.4. The number of aliphatic hydroxyl groups excluding tert-OH is 1. The molecule has 0 saturated carbocycles. The number of aliphatic hydroxyl groups is 1. The van der Waals surface area contributed by atoms with E-state index in [1.807, 2.05) is 48.5 Å². The number of benzene rings is 5. The van der Waals surface area contributed by atoms with Gasteiger partial charge in [-0.1, -0.05) is 97.1 Å². The van der Waals surface area contributed by atoms with Gasteiger partial charge in [0.15, 0.2) is 12.2 Å². The Morgan fingerprint density at radius 1 is 0.580 bits per heavy atom. The van der Waals surface area contributed by atoms with E-state index < -0.39 is 48.6 Å². The highest BCUT2D eigenvalue weighted by molar-refractivity contribution is 5.91. The first kappa shape index (κ1) is 34.1. The zero-order valence-corrected chi connectivity index (χ0v) is 26.8. The molecule has 6 rings (SSSR count). The molecular formula is C40H34O10. The van der Waals surface area contributed by atoms with Crippen molar-refractivity contribution in [1.82, 2.24) is 0 Å². The van der Waals surface area contributed by atoms with Crippen LogP contribution in [0.1, 0.15) is 31.8 Å². The molecule has 0 radical (unpaired) electrons. The van der Waals surface area contributed by atoms with Crippen LogP contribution in [0.5, 0.6) is 11.5 Å². The van der Waals surface area contributed by atoms with Crippen molar-refractivity contribution in [1.29, 1.82) is 0 Å². The van der Waals surface area contributed by atoms with Crippen LogP contribution in [0.2, 0.25) is 0 Å². The molecule has 50 heavy (non-hydrogen) atoms. The monoisotopic (exact) mass is 674 g/mol. The number of hydrogen-bond acceptors (Lipinski definition) is 10. The minimum absolute atomic E-state index is 0.0158. The van der Waals surface area contributed by atoms with Crippen LogP contribution in [0.4, 0.5) is 0 Å². The van der Waals surface area contributed by atoms with E-state index in [1.165, 1.54) is 24.3 Å². The summed E-state index contributed by atoms with van der Waals surface area (Å²) < 4.78 is 35.4. The predicted octanol–water partition coefficient (Wildman–Crippen LogP) is 5.92. The molecule has 1 aliphatic rings. The highest BCUT2D eigenvalue weighted by Crippen LogP contribution is 2.31. The van der Waals surface area contributed by atoms with Crippen LogP contribution < -0.4 is 9.47 Å². The van der Waals surface area contributed by atoms with Gasteiger partial charge in [0.2, 0.25) is 6.29 Å². The predicted molar refractivity (Wildman–Crippen MR) is 180 cm³/mol. The minimum Gasteiger partial charge on any atom is -0.461 e. The van der Waals surface area contributed by atoms with Gasteiger partial charge in [-0.3, -0.25) is 0 Å². The third-order valence-corrected chi connectivity index (χ3v) is 7.81. The van der Waals surface area contributed by atoms with Crippen molar-refractivity contribution in [2.45, 2.75) is 43.9 Å². The molecule has 1 saturated heterocycles. The Kier molecular flexibility index (Phi) is 11.3. The molecule has 0 aromatic heterocycles. The van der Waals surface area contributed by atoms with Crippen LogP contribution in [0.25, 0.3) is 0 Å². The van der Waals surface area contributed by atoms with Crippen molar-refractivity contribution in [2.75, 3.05) is 0 Å². The molecule has 10 heteroatoms. The van der Waals surface area contributed by atoms with Crippen LogP contribution in [-0.2, 0) is 37.0 Å². The lowest BCUT2D eigenvalue weighted by atomic mass is 9.98. The van der Waals surface area contributed by atoms with Crippen LogP contribution in [-0.4, -0.2) is 53.7 Å². The van der Waals surface area contributed by atoms with Gasteiger partial charge >= 0.3 is 17.9 Å². The first-order chi connectivity index (χ1) is 24.4. The lowest BCUT2D eigenvalue weighted by molar-refractivity contribution is -0.281. The smallest absolute Gasteiger partial charge is 0.343 e. The van der Waals surface area contributed by atoms with Crippen LogP contribution in [0.15, 0.2) is 146 Å². The topological polar surface area (TPSA) is 127 Å². The van der Waals surface area contributed by atoms with Gasteiger partial charge < -0.3 is 33.5 Å². The molecule has 1 N–H and O–H groups in total. The van der Waals surface area contributed by atoms with E-state index in [4.69, 9.17) is 28.4 Å². The summed E-state index contributed by atoms with van der Waals surface area (Å²) in [7, 11) is 0. The summed E-state index contributed by atoms with van der Waals surface area (Å²) in [5, 5.41) is 11.6. The van der Waals surface area contributed by atoms with Gasteiger partial charge in [0.1, 0.15) is 30.3 Å². The fourth-order valence-corrected chi connectivity index (χ4v) is 5.23. The van der Waals surface area contributed by atoms with Gasteiger partial charge in [-0.15, -0.1) is 0 Å². The Balaban J connectivity index is 1.26. The number of hydrogen-bond donors (Lipinski definition) is 1. The highest BCUT2D eigenvalue weighted by atomic mass is 16.7. The average molecular weight is 675 g/mol. The van der Waals surface area contributed by atoms with Crippen molar-refractivity contribution in [3.8, 4) is 11.5 Å². The first-order valence-corrected chi connectivity index (χ1v) is 15.9. The minimum atomic E-state index is -1.62. The molecular weight excluding hydrogens is 640 g/mol. The number of ether oxygens (including phenoxy) is 6. The maximum Gasteiger partial charge on any atom is 0.343 e. The van der Waals surface area contributed by atoms with Crippen molar-refractivity contribution in [3.05, 3.63) is 168 Å². The molecule has 5 atom stereocenters. The third kappa shape index (κ3) is 8.80.